The van der Waals surface area contributed by atoms with Crippen LogP contribution in [0.2, 0.25) is 0 Å². The number of rotatable bonds is 3. The van der Waals surface area contributed by atoms with Crippen LogP contribution in [0.5, 0.6) is 0 Å². The van der Waals surface area contributed by atoms with Crippen LogP contribution in [-0.2, 0) is 4.79 Å². The van der Waals surface area contributed by atoms with E-state index in [-0.39, 0.29) is 11.9 Å². The van der Waals surface area contributed by atoms with E-state index < -0.39 is 0 Å². The van der Waals surface area contributed by atoms with E-state index in [0.717, 1.165) is 25.3 Å². The van der Waals surface area contributed by atoms with Crippen LogP contribution in [0.3, 0.4) is 0 Å². The van der Waals surface area contributed by atoms with E-state index in [9.17, 15) is 4.79 Å². The maximum absolute atomic E-state index is 11.7. The number of nitrogens with one attached hydrogen (secondary N) is 2. The van der Waals surface area contributed by atoms with Crippen LogP contribution in [-0.4, -0.2) is 24.5 Å². The topological polar surface area (TPSA) is 41.1 Å². The minimum absolute atomic E-state index is 0.0914. The lowest BCUT2D eigenvalue weighted by Gasteiger charge is -2.19. The zero-order chi connectivity index (χ0) is 11.1. The van der Waals surface area contributed by atoms with Crippen LogP contribution in [0.25, 0.3) is 0 Å². The maximum Gasteiger partial charge on any atom is 0.237 e. The van der Waals surface area contributed by atoms with Gasteiger partial charge in [-0.1, -0.05) is 20.8 Å². The SMILES string of the molecule is CC(C)(C)CCNC(=O)C1C[C@H]2C[C@H]2N1. The molecule has 1 aliphatic carbocycles. The molecule has 86 valence electrons. The van der Waals surface area contributed by atoms with Gasteiger partial charge in [-0.25, -0.2) is 0 Å². The van der Waals surface area contributed by atoms with E-state index in [1.807, 2.05) is 0 Å². The van der Waals surface area contributed by atoms with E-state index in [2.05, 4.69) is 31.4 Å². The Hall–Kier alpha value is -0.570. The summed E-state index contributed by atoms with van der Waals surface area (Å²) < 4.78 is 0. The second-order valence-corrected chi connectivity index (χ2v) is 6.16. The largest absolute Gasteiger partial charge is 0.355 e. The average Bonchev–Trinajstić information content (AvgIpc) is 2.71. The lowest BCUT2D eigenvalue weighted by molar-refractivity contribution is -0.123. The van der Waals surface area contributed by atoms with Gasteiger partial charge in [-0.15, -0.1) is 0 Å². The van der Waals surface area contributed by atoms with E-state index >= 15 is 0 Å². The molecule has 2 fully saturated rings. The molecule has 3 atom stereocenters. The highest BCUT2D eigenvalue weighted by molar-refractivity contribution is 5.82. The minimum atomic E-state index is 0.0914. The molecule has 1 heterocycles. The fourth-order valence-electron chi connectivity index (χ4n) is 2.21. The summed E-state index contributed by atoms with van der Waals surface area (Å²) in [6, 6.07) is 0.747. The number of fused-ring (bicyclic) bond motifs is 1. The minimum Gasteiger partial charge on any atom is -0.355 e. The predicted octanol–water partition coefficient (Wildman–Crippen LogP) is 1.29. The highest BCUT2D eigenvalue weighted by Crippen LogP contribution is 2.40. The number of carbonyl (C=O) groups is 1. The Kier molecular flexibility index (Phi) is 2.75. The molecule has 1 unspecified atom stereocenters. The van der Waals surface area contributed by atoms with Crippen molar-refractivity contribution >= 4 is 5.91 Å². The zero-order valence-electron chi connectivity index (χ0n) is 9.97. The summed E-state index contributed by atoms with van der Waals surface area (Å²) in [7, 11) is 0. The van der Waals surface area contributed by atoms with Crippen LogP contribution in [0.4, 0.5) is 0 Å². The second-order valence-electron chi connectivity index (χ2n) is 6.16. The first-order valence-electron chi connectivity index (χ1n) is 5.99. The molecule has 2 rings (SSSR count). The average molecular weight is 210 g/mol. The molecule has 1 saturated carbocycles. The third-order valence-corrected chi connectivity index (χ3v) is 3.37. The Bertz CT molecular complexity index is 247. The van der Waals surface area contributed by atoms with Crippen molar-refractivity contribution in [1.29, 1.82) is 0 Å². The van der Waals surface area contributed by atoms with Crippen molar-refractivity contribution in [3.8, 4) is 0 Å². The van der Waals surface area contributed by atoms with E-state index in [0.29, 0.717) is 11.5 Å². The van der Waals surface area contributed by atoms with Crippen molar-refractivity contribution in [2.75, 3.05) is 6.54 Å². The fourth-order valence-corrected chi connectivity index (χ4v) is 2.21. The van der Waals surface area contributed by atoms with Gasteiger partial charge in [-0.3, -0.25) is 4.79 Å². The van der Waals surface area contributed by atoms with Gasteiger partial charge in [0, 0.05) is 12.6 Å². The number of carbonyl (C=O) groups excluding carboxylic acids is 1. The van der Waals surface area contributed by atoms with Crippen LogP contribution in [0, 0.1) is 11.3 Å². The van der Waals surface area contributed by atoms with Gasteiger partial charge >= 0.3 is 0 Å². The van der Waals surface area contributed by atoms with E-state index in [1.54, 1.807) is 0 Å². The van der Waals surface area contributed by atoms with Gasteiger partial charge < -0.3 is 10.6 Å². The summed E-state index contributed by atoms with van der Waals surface area (Å²) in [4.78, 5) is 11.7. The molecule has 15 heavy (non-hydrogen) atoms. The Balaban J connectivity index is 1.65. The van der Waals surface area contributed by atoms with E-state index in [4.69, 9.17) is 0 Å². The van der Waals surface area contributed by atoms with Gasteiger partial charge in [0.05, 0.1) is 6.04 Å². The summed E-state index contributed by atoms with van der Waals surface area (Å²) >= 11 is 0. The highest BCUT2D eigenvalue weighted by Gasteiger charge is 2.47. The molecule has 0 aromatic rings. The molecule has 1 saturated heterocycles. The van der Waals surface area contributed by atoms with Crippen molar-refractivity contribution < 1.29 is 4.79 Å². The molecule has 0 aromatic carbocycles. The Morgan fingerprint density at radius 3 is 2.67 bits per heavy atom. The predicted molar refractivity (Wildman–Crippen MR) is 60.5 cm³/mol. The first kappa shape index (κ1) is 10.9. The lowest BCUT2D eigenvalue weighted by atomic mass is 9.92. The standard InChI is InChI=1S/C12H22N2O/c1-12(2,3)4-5-13-11(15)10-7-8-6-9(8)14-10/h8-10,14H,4-7H2,1-3H3,(H,13,15)/t8-,9-,10?/m1/s1. The summed E-state index contributed by atoms with van der Waals surface area (Å²) in [6.45, 7) is 7.39. The van der Waals surface area contributed by atoms with Crippen molar-refractivity contribution in [2.45, 2.75) is 52.1 Å². The summed E-state index contributed by atoms with van der Waals surface area (Å²) in [5.41, 5.74) is 0.304. The van der Waals surface area contributed by atoms with Crippen LogP contribution < -0.4 is 10.6 Å². The third kappa shape index (κ3) is 2.94. The lowest BCUT2D eigenvalue weighted by Crippen LogP contribution is -2.43. The zero-order valence-corrected chi connectivity index (χ0v) is 9.97. The Morgan fingerprint density at radius 1 is 1.40 bits per heavy atom. The smallest absolute Gasteiger partial charge is 0.237 e. The molecule has 1 aliphatic heterocycles. The number of piperidine rings is 1. The van der Waals surface area contributed by atoms with Gasteiger partial charge in [0.15, 0.2) is 0 Å². The van der Waals surface area contributed by atoms with Crippen molar-refractivity contribution in [2.24, 2.45) is 11.3 Å². The molecule has 0 aromatic heterocycles. The molecular formula is C12H22N2O. The maximum atomic E-state index is 11.7. The van der Waals surface area contributed by atoms with E-state index in [1.165, 1.54) is 6.42 Å². The monoisotopic (exact) mass is 210 g/mol. The molecule has 0 spiro atoms. The van der Waals surface area contributed by atoms with Crippen molar-refractivity contribution in [3.05, 3.63) is 0 Å². The second kappa shape index (κ2) is 3.78. The summed E-state index contributed by atoms with van der Waals surface area (Å²) in [5, 5.41) is 6.38. The molecule has 3 heteroatoms. The molecule has 0 radical (unpaired) electrons. The van der Waals surface area contributed by atoms with Crippen molar-refractivity contribution in [1.82, 2.24) is 10.6 Å². The molecule has 1 amide bonds. The normalized spacial score (nSPS) is 33.7. The first-order valence-corrected chi connectivity index (χ1v) is 5.99. The molecular weight excluding hydrogens is 188 g/mol. The number of amides is 1. The third-order valence-electron chi connectivity index (χ3n) is 3.37. The van der Waals surface area contributed by atoms with Crippen LogP contribution in [0.1, 0.15) is 40.0 Å². The molecule has 3 nitrogen and oxygen atoms in total. The number of hydrogen-bond acceptors (Lipinski definition) is 2. The quantitative estimate of drug-likeness (QED) is 0.737. The molecule has 0 bridgehead atoms. The fraction of sp³-hybridized carbons (Fsp3) is 0.917. The molecule has 2 N–H and O–H groups in total. The first-order chi connectivity index (χ1) is 6.96. The Labute approximate surface area is 92.0 Å². The van der Waals surface area contributed by atoms with Crippen LogP contribution in [0.15, 0.2) is 0 Å². The summed E-state index contributed by atoms with van der Waals surface area (Å²) in [6.07, 6.45) is 3.37. The van der Waals surface area contributed by atoms with Crippen LogP contribution >= 0.6 is 0 Å². The molecule has 2 aliphatic rings. The number of hydrogen-bond donors (Lipinski definition) is 2. The van der Waals surface area contributed by atoms with Gasteiger partial charge in [-0.05, 0) is 30.6 Å². The highest BCUT2D eigenvalue weighted by atomic mass is 16.2. The Morgan fingerprint density at radius 2 is 2.13 bits per heavy atom. The van der Waals surface area contributed by atoms with Gasteiger partial charge in [-0.2, -0.15) is 0 Å². The summed E-state index contributed by atoms with van der Waals surface area (Å²) in [5.74, 6) is 0.995. The van der Waals surface area contributed by atoms with Crippen molar-refractivity contribution in [3.63, 3.8) is 0 Å². The van der Waals surface area contributed by atoms with Gasteiger partial charge in [0.1, 0.15) is 0 Å². The van der Waals surface area contributed by atoms with Gasteiger partial charge in [0.2, 0.25) is 5.91 Å². The van der Waals surface area contributed by atoms with Gasteiger partial charge in [0.25, 0.3) is 0 Å².